The third-order valence-electron chi connectivity index (χ3n) is 14.1. The summed E-state index contributed by atoms with van der Waals surface area (Å²) in [5.74, 6) is -1.67. The van der Waals surface area contributed by atoms with Gasteiger partial charge in [-0.2, -0.15) is 13.0 Å². The number of rotatable bonds is 27. The van der Waals surface area contributed by atoms with Crippen LogP contribution in [0.25, 0.3) is 11.2 Å². The summed E-state index contributed by atoms with van der Waals surface area (Å²) >= 11 is 0. The summed E-state index contributed by atoms with van der Waals surface area (Å²) in [4.78, 5) is 56.8. The molecular weight excluding hydrogens is 1150 g/mol. The van der Waals surface area contributed by atoms with E-state index in [0.717, 1.165) is 29.1 Å². The second-order valence-electron chi connectivity index (χ2n) is 20.5. The number of amides is 1. The number of nitrogens with one attached hydrogen (secondary N) is 1. The molecule has 1 amide bonds. The molecule has 0 radical (unpaired) electrons. The third-order valence-corrected chi connectivity index (χ3v) is 21.5. The zero-order chi connectivity index (χ0) is 58.8. The Kier molecular flexibility index (Phi) is 19.4. The zero-order valence-electron chi connectivity index (χ0n) is 44.5. The van der Waals surface area contributed by atoms with Crippen LogP contribution in [-0.2, 0) is 67.7 Å². The van der Waals surface area contributed by atoms with Gasteiger partial charge in [0, 0.05) is 60.4 Å². The Morgan fingerprint density at radius 3 is 2.27 bits per heavy atom. The summed E-state index contributed by atoms with van der Waals surface area (Å²) in [6.07, 6.45) is 6.12. The van der Waals surface area contributed by atoms with Gasteiger partial charge in [-0.3, -0.25) is 27.6 Å². The molecule has 4 aromatic rings. The second kappa shape index (κ2) is 24.7. The fraction of sp³-hybridized carbons (Fsp3) is 0.521. The lowest BCUT2D eigenvalue weighted by Gasteiger charge is -2.25. The predicted octanol–water partition coefficient (Wildman–Crippen LogP) is 5.23. The Morgan fingerprint density at radius 1 is 0.887 bits per heavy atom. The number of hydrogen-bond donors (Lipinski definition) is 8. The fourth-order valence-electron chi connectivity index (χ4n) is 10.1. The van der Waals surface area contributed by atoms with Crippen molar-refractivity contribution in [3.63, 3.8) is 0 Å². The van der Waals surface area contributed by atoms with Gasteiger partial charge in [0.25, 0.3) is 10.1 Å². The first-order valence-corrected chi connectivity index (χ1v) is 33.4. The Hall–Kier alpha value is -4.64. The molecule has 0 spiro atoms. The molecule has 3 aliphatic heterocycles. The molecule has 3 unspecified atom stereocenters. The average Bonchev–Trinajstić information content (AvgIpc) is 4.24. The van der Waals surface area contributed by atoms with Gasteiger partial charge in [0.15, 0.2) is 29.3 Å². The van der Waals surface area contributed by atoms with Crippen LogP contribution in [0.3, 0.4) is 0 Å². The number of unbranched alkanes of at least 4 members (excludes halogenated alkanes) is 5. The lowest BCUT2D eigenvalue weighted by atomic mass is 9.81. The van der Waals surface area contributed by atoms with Crippen LogP contribution in [0.15, 0.2) is 82.8 Å². The number of allylic oxidation sites excluding steroid dienone is 4. The molecule has 2 aromatic carbocycles. The van der Waals surface area contributed by atoms with E-state index >= 15 is 0 Å². The smallest absolute Gasteiger partial charge is 0.479 e. The van der Waals surface area contributed by atoms with Gasteiger partial charge in [-0.05, 0) is 88.4 Å². The van der Waals surface area contributed by atoms with Crippen LogP contribution in [0.1, 0.15) is 103 Å². The molecular formula is C48H67N8O19P3S2. The maximum absolute atomic E-state index is 12.7. The van der Waals surface area contributed by atoms with Gasteiger partial charge in [0.2, 0.25) is 11.6 Å². The number of phosphoric ester groups is 1. The van der Waals surface area contributed by atoms with Crippen LogP contribution in [0.5, 0.6) is 0 Å². The van der Waals surface area contributed by atoms with Crippen LogP contribution < -0.4 is 16.0 Å². The molecule has 440 valence electrons. The predicted molar refractivity (Wildman–Crippen MR) is 290 cm³/mol. The number of phosphoric acid groups is 1. The number of ether oxygens (including phenoxy) is 1. The number of nitrogens with two attached hydrogens (primary N) is 1. The van der Waals surface area contributed by atoms with Crippen molar-refractivity contribution >= 4 is 83.2 Å². The first-order chi connectivity index (χ1) is 37.3. The Labute approximate surface area is 462 Å². The highest BCUT2D eigenvalue weighted by atomic mass is 32.2. The van der Waals surface area contributed by atoms with Gasteiger partial charge < -0.3 is 54.7 Å². The van der Waals surface area contributed by atoms with E-state index in [9.17, 15) is 69.3 Å². The highest BCUT2D eigenvalue weighted by Gasteiger charge is 2.48. The number of anilines is 2. The molecule has 32 heteroatoms. The van der Waals surface area contributed by atoms with Crippen LogP contribution in [0.2, 0.25) is 0 Å². The van der Waals surface area contributed by atoms with Gasteiger partial charge in [0.05, 0.1) is 34.7 Å². The molecule has 1 fully saturated rings. The van der Waals surface area contributed by atoms with Crippen molar-refractivity contribution in [3.8, 4) is 0 Å². The molecule has 80 heavy (non-hydrogen) atoms. The van der Waals surface area contributed by atoms with E-state index in [1.165, 1.54) is 35.2 Å². The molecule has 3 aliphatic rings. The molecule has 0 aliphatic carbocycles. The Bertz CT molecular complexity index is 3460. The van der Waals surface area contributed by atoms with Gasteiger partial charge in [-0.1, -0.05) is 32.8 Å². The number of fused-ring (bicyclic) bond motifs is 3. The third kappa shape index (κ3) is 14.6. The van der Waals surface area contributed by atoms with Crippen molar-refractivity contribution in [1.29, 1.82) is 0 Å². The van der Waals surface area contributed by atoms with Crippen LogP contribution >= 0.6 is 23.0 Å². The lowest BCUT2D eigenvalue weighted by Crippen LogP contribution is -2.33. The van der Waals surface area contributed by atoms with E-state index < -0.39 is 91.1 Å². The molecule has 5 heterocycles. The largest absolute Gasteiger partial charge is 0.744 e. The molecule has 7 atom stereocenters. The number of imidazole rings is 1. The molecule has 2 aromatic heterocycles. The molecule has 27 nitrogen and oxygen atoms in total. The summed E-state index contributed by atoms with van der Waals surface area (Å²) in [5, 5.41) is 24.0. The standard InChI is InChI=1S/C48H67N8O19P3S2/c1-6-54-35-20-18-31(79(66,67)68)25-33(35)47(2,3)38(54)15-14-16-39-48(4,5)34-26-32(80(69,70)71)19-21-36(34)55(39)23-12-9-10-17-40(57)50-22-11-7-8-13-24-72-76(60,61)30-77(62,63)75-78(64,65)73-27-37-42(58)43(59)46(74-37)56-29-53-41-44(49)51-28-52-45(41)56/h14-16,18-21,25-26,28-29,37,42-43,46,58-59H,6-13,17,22-24,27,30H2,1-5H3,(H7-,49,50,51,52,57,60,61,62,63,64,65,66,67,68,69,70,71)/t37-,42-,43-,46-/m1/s1. The van der Waals surface area contributed by atoms with Gasteiger partial charge >= 0.3 is 23.0 Å². The second-order valence-corrected chi connectivity index (χ2v) is 29.1. The van der Waals surface area contributed by atoms with E-state index in [0.29, 0.717) is 69.3 Å². The number of aromatic nitrogens is 4. The van der Waals surface area contributed by atoms with Crippen LogP contribution in [-0.4, -0.2) is 144 Å². The highest BCUT2D eigenvalue weighted by Crippen LogP contribution is 2.66. The lowest BCUT2D eigenvalue weighted by molar-refractivity contribution is -0.438. The van der Waals surface area contributed by atoms with Crippen molar-refractivity contribution < 1.29 is 92.0 Å². The van der Waals surface area contributed by atoms with E-state index in [2.05, 4.69) is 34.1 Å². The van der Waals surface area contributed by atoms with Crippen molar-refractivity contribution in [2.24, 2.45) is 0 Å². The molecule has 0 bridgehead atoms. The van der Waals surface area contributed by atoms with Gasteiger partial charge in [-0.15, -0.1) is 0 Å². The van der Waals surface area contributed by atoms with Crippen LogP contribution in [0, 0.1) is 0 Å². The number of benzene rings is 2. The highest BCUT2D eigenvalue weighted by molar-refractivity contribution is 7.86. The topological polar surface area (TPSA) is 406 Å². The van der Waals surface area contributed by atoms with Crippen molar-refractivity contribution in [3.05, 3.63) is 84.1 Å². The number of aliphatic hydroxyl groups excluding tert-OH is 2. The van der Waals surface area contributed by atoms with E-state index in [1.54, 1.807) is 12.1 Å². The minimum absolute atomic E-state index is 0.0338. The number of carbonyl (C=O) groups excluding carboxylic acids is 1. The number of aliphatic hydroxyl groups is 2. The number of nitrogen functional groups attached to an aromatic ring is 1. The number of likely N-dealkylation sites (N-methyl/N-ethyl adjacent to an activating group) is 1. The average molecular weight is 1220 g/mol. The Balaban J connectivity index is 0.822. The van der Waals surface area contributed by atoms with Gasteiger partial charge in [0.1, 0.15) is 46.8 Å². The maximum Gasteiger partial charge on any atom is 0.479 e. The quantitative estimate of drug-likeness (QED) is 0.0164. The summed E-state index contributed by atoms with van der Waals surface area (Å²) in [6.45, 7) is 9.99. The summed E-state index contributed by atoms with van der Waals surface area (Å²) in [7, 11) is -24.8. The monoisotopic (exact) mass is 1220 g/mol. The zero-order valence-corrected chi connectivity index (χ0v) is 48.8. The summed E-state index contributed by atoms with van der Waals surface area (Å²) in [6, 6.07) is 8.88. The number of carbonyl (C=O) groups is 1. The minimum atomic E-state index is -5.44. The number of nitrogens with zero attached hydrogens (tertiary/aromatic N) is 6. The summed E-state index contributed by atoms with van der Waals surface area (Å²) < 4.78 is 131. The van der Waals surface area contributed by atoms with E-state index in [4.69, 9.17) is 19.5 Å². The first kappa shape index (κ1) is 63.0. The van der Waals surface area contributed by atoms with E-state index in [1.807, 2.05) is 52.8 Å². The molecule has 1 saturated heterocycles. The maximum atomic E-state index is 12.7. The normalized spacial score (nSPS) is 22.6. The minimum Gasteiger partial charge on any atom is -0.744 e. The van der Waals surface area contributed by atoms with Crippen molar-refractivity contribution in [2.75, 3.05) is 49.4 Å². The molecule has 9 N–H and O–H groups in total. The SMILES string of the molecule is CCN1C(=CC=CC2=[N+](CCCCCC(=O)NCCCCCCOP(=O)(O)CP(=O)(O)OP(=O)(O)OC[C@H]3O[C@@H](n4cnc5c(N)ncnc54)[C@H](O)[C@@H]3O)c3ccc(S(=O)(=O)O)cc3C2(C)C)C(C)(C)c2cc(S(=O)(=O)[O-])ccc21. The molecule has 0 saturated carbocycles. The van der Waals surface area contributed by atoms with Crippen LogP contribution in [0.4, 0.5) is 17.2 Å². The molecule has 7 rings (SSSR count). The first-order valence-electron chi connectivity index (χ1n) is 25.5. The van der Waals surface area contributed by atoms with Crippen molar-refractivity contribution in [2.45, 2.75) is 131 Å². The fourth-order valence-corrected chi connectivity index (χ4v) is 16.1. The Morgan fingerprint density at radius 2 is 1.57 bits per heavy atom. The summed E-state index contributed by atoms with van der Waals surface area (Å²) in [5.41, 5.74) is 9.41. The van der Waals surface area contributed by atoms with Crippen molar-refractivity contribution in [1.82, 2.24) is 24.8 Å². The van der Waals surface area contributed by atoms with E-state index in [-0.39, 0.29) is 52.1 Å². The number of hydrogen-bond acceptors (Lipinski definition) is 20. The van der Waals surface area contributed by atoms with Gasteiger partial charge in [-0.25, -0.2) is 32.2 Å².